The molecule has 0 heterocycles. The van der Waals surface area contributed by atoms with Crippen LogP contribution in [0.2, 0.25) is 5.02 Å². The summed E-state index contributed by atoms with van der Waals surface area (Å²) < 4.78 is 25.9. The zero-order chi connectivity index (χ0) is 20.9. The summed E-state index contributed by atoms with van der Waals surface area (Å²) in [6.45, 7) is 3.11. The van der Waals surface area contributed by atoms with E-state index in [0.717, 1.165) is 10.6 Å². The lowest BCUT2D eigenvalue weighted by molar-refractivity contribution is -0.117. The van der Waals surface area contributed by atoms with Gasteiger partial charge >= 0.3 is 0 Å². The van der Waals surface area contributed by atoms with Crippen LogP contribution in [0.15, 0.2) is 48.5 Å². The number of hydrogen-bond acceptors (Lipinski definition) is 4. The lowest BCUT2D eigenvalue weighted by Gasteiger charge is -2.30. The average Bonchev–Trinajstić information content (AvgIpc) is 2.59. The number of hydrogen-bond donors (Lipinski definition) is 2. The molecule has 1 unspecified atom stereocenters. The fourth-order valence-electron chi connectivity index (χ4n) is 2.75. The summed E-state index contributed by atoms with van der Waals surface area (Å²) in [7, 11) is -3.73. The number of rotatable bonds is 7. The molecular weight excluding hydrogens is 402 g/mol. The largest absolute Gasteiger partial charge is 0.326 e. The average molecular weight is 424 g/mol. The van der Waals surface area contributed by atoms with Crippen molar-refractivity contribution in [2.75, 3.05) is 21.2 Å². The Kier molecular flexibility index (Phi) is 7.04. The van der Waals surface area contributed by atoms with Crippen LogP contribution in [0.5, 0.6) is 0 Å². The van der Waals surface area contributed by atoms with Crippen molar-refractivity contribution >= 4 is 50.5 Å². The Bertz CT molecular complexity index is 961. The molecule has 150 valence electrons. The summed E-state index contributed by atoms with van der Waals surface area (Å²) in [5, 5.41) is 5.81. The highest BCUT2D eigenvalue weighted by molar-refractivity contribution is 7.92. The van der Waals surface area contributed by atoms with E-state index in [4.69, 9.17) is 11.6 Å². The number of halogens is 1. The predicted octanol–water partition coefficient (Wildman–Crippen LogP) is 3.48. The van der Waals surface area contributed by atoms with Gasteiger partial charge in [0.2, 0.25) is 21.8 Å². The third-order valence-electron chi connectivity index (χ3n) is 3.86. The summed E-state index contributed by atoms with van der Waals surface area (Å²) in [6.07, 6.45) is 1.31. The second-order valence-corrected chi connectivity index (χ2v) is 8.51. The van der Waals surface area contributed by atoms with Gasteiger partial charge in [0.1, 0.15) is 6.04 Å². The molecule has 0 aliphatic carbocycles. The zero-order valence-electron chi connectivity index (χ0n) is 15.8. The highest BCUT2D eigenvalue weighted by Crippen LogP contribution is 2.25. The van der Waals surface area contributed by atoms with Crippen LogP contribution in [0.3, 0.4) is 0 Å². The molecule has 1 atom stereocenters. The van der Waals surface area contributed by atoms with Crippen LogP contribution in [0.4, 0.5) is 17.1 Å². The summed E-state index contributed by atoms with van der Waals surface area (Å²) in [5.41, 5.74) is 1.32. The van der Waals surface area contributed by atoms with Crippen LogP contribution in [0, 0.1) is 0 Å². The van der Waals surface area contributed by atoms with Crippen molar-refractivity contribution in [3.05, 3.63) is 53.6 Å². The number of benzene rings is 2. The van der Waals surface area contributed by atoms with Crippen LogP contribution in [-0.4, -0.2) is 32.5 Å². The summed E-state index contributed by atoms with van der Waals surface area (Å²) in [5.74, 6) is -0.719. The van der Waals surface area contributed by atoms with Crippen molar-refractivity contribution in [2.45, 2.75) is 26.3 Å². The van der Waals surface area contributed by atoms with E-state index in [1.165, 1.54) is 6.92 Å². The molecule has 28 heavy (non-hydrogen) atoms. The van der Waals surface area contributed by atoms with Crippen molar-refractivity contribution in [3.8, 4) is 0 Å². The molecule has 0 aliphatic rings. The van der Waals surface area contributed by atoms with Gasteiger partial charge in [-0.1, -0.05) is 24.6 Å². The topological polar surface area (TPSA) is 95.6 Å². The van der Waals surface area contributed by atoms with Gasteiger partial charge in [-0.05, 0) is 48.9 Å². The van der Waals surface area contributed by atoms with Crippen molar-refractivity contribution in [1.82, 2.24) is 0 Å². The lowest BCUT2D eigenvalue weighted by Crippen LogP contribution is -2.47. The fraction of sp³-hybridized carbons (Fsp3) is 0.263. The second-order valence-electron chi connectivity index (χ2n) is 6.21. The highest BCUT2D eigenvalue weighted by atomic mass is 35.5. The van der Waals surface area contributed by atoms with E-state index in [1.54, 1.807) is 55.5 Å². The summed E-state index contributed by atoms with van der Waals surface area (Å²) in [6, 6.07) is 11.9. The second kappa shape index (κ2) is 9.07. The van der Waals surface area contributed by atoms with Crippen LogP contribution >= 0.6 is 11.6 Å². The van der Waals surface area contributed by atoms with Crippen LogP contribution in [0.1, 0.15) is 20.3 Å². The Balaban J connectivity index is 2.32. The van der Waals surface area contributed by atoms with Gasteiger partial charge in [-0.3, -0.25) is 13.9 Å². The first-order valence-electron chi connectivity index (χ1n) is 8.55. The minimum atomic E-state index is -3.73. The van der Waals surface area contributed by atoms with Gasteiger partial charge in [-0.25, -0.2) is 8.42 Å². The highest BCUT2D eigenvalue weighted by Gasteiger charge is 2.31. The maximum Gasteiger partial charge on any atom is 0.248 e. The Morgan fingerprint density at radius 3 is 2.14 bits per heavy atom. The zero-order valence-corrected chi connectivity index (χ0v) is 17.3. The van der Waals surface area contributed by atoms with E-state index in [1.807, 2.05) is 0 Å². The third kappa shape index (κ3) is 5.71. The van der Waals surface area contributed by atoms with Gasteiger partial charge in [-0.2, -0.15) is 0 Å². The number of nitrogens with zero attached hydrogens (tertiary/aromatic N) is 1. The minimum Gasteiger partial charge on any atom is -0.326 e. The molecule has 2 aromatic rings. The van der Waals surface area contributed by atoms with Gasteiger partial charge in [0, 0.05) is 23.3 Å². The molecule has 0 bridgehead atoms. The number of nitrogens with one attached hydrogen (secondary N) is 2. The maximum absolute atomic E-state index is 12.9. The smallest absolute Gasteiger partial charge is 0.248 e. The van der Waals surface area contributed by atoms with Crippen molar-refractivity contribution in [3.63, 3.8) is 0 Å². The van der Waals surface area contributed by atoms with Crippen LogP contribution < -0.4 is 14.9 Å². The van der Waals surface area contributed by atoms with Crippen molar-refractivity contribution in [1.29, 1.82) is 0 Å². The maximum atomic E-state index is 12.9. The van der Waals surface area contributed by atoms with Crippen molar-refractivity contribution < 1.29 is 18.0 Å². The number of carbonyl (C=O) groups excluding carboxylic acids is 2. The number of amides is 2. The number of carbonyl (C=O) groups is 2. The van der Waals surface area contributed by atoms with Gasteiger partial charge in [-0.15, -0.1) is 0 Å². The van der Waals surface area contributed by atoms with E-state index >= 15 is 0 Å². The first kappa shape index (κ1) is 21.7. The predicted molar refractivity (Wildman–Crippen MR) is 112 cm³/mol. The molecule has 0 aliphatic heterocycles. The van der Waals surface area contributed by atoms with E-state index in [9.17, 15) is 18.0 Å². The first-order chi connectivity index (χ1) is 13.1. The van der Waals surface area contributed by atoms with E-state index < -0.39 is 22.0 Å². The summed E-state index contributed by atoms with van der Waals surface area (Å²) >= 11 is 5.89. The Hall–Kier alpha value is -2.58. The Labute approximate surface area is 169 Å². The molecule has 0 fully saturated rings. The van der Waals surface area contributed by atoms with Gasteiger partial charge in [0.05, 0.1) is 11.9 Å². The molecule has 2 rings (SSSR count). The molecule has 0 radical (unpaired) electrons. The van der Waals surface area contributed by atoms with Gasteiger partial charge in [0.25, 0.3) is 0 Å². The molecule has 2 amide bonds. The van der Waals surface area contributed by atoms with E-state index in [-0.39, 0.29) is 12.3 Å². The molecular formula is C19H22ClN3O4S. The first-order valence-corrected chi connectivity index (χ1v) is 10.8. The minimum absolute atomic E-state index is 0.235. The molecule has 2 aromatic carbocycles. The SMILES string of the molecule is CCC(C(=O)Nc1cccc(NC(C)=O)c1)N(c1ccc(Cl)cc1)S(C)(=O)=O. The van der Waals surface area contributed by atoms with Crippen LogP contribution in [-0.2, 0) is 19.6 Å². The standard InChI is InChI=1S/C19H22ClN3O4S/c1-4-18(23(28(3,26)27)17-10-8-14(20)9-11-17)19(25)22-16-7-5-6-15(12-16)21-13(2)24/h5-12,18H,4H2,1-3H3,(H,21,24)(H,22,25). The normalized spacial score (nSPS) is 12.1. The van der Waals surface area contributed by atoms with Gasteiger partial charge < -0.3 is 10.6 Å². The van der Waals surface area contributed by atoms with Crippen molar-refractivity contribution in [2.24, 2.45) is 0 Å². The number of sulfonamides is 1. The third-order valence-corrected chi connectivity index (χ3v) is 5.29. The molecule has 0 spiro atoms. The molecule has 0 saturated heterocycles. The molecule has 0 aromatic heterocycles. The molecule has 0 saturated carbocycles. The fourth-order valence-corrected chi connectivity index (χ4v) is 4.09. The quantitative estimate of drug-likeness (QED) is 0.712. The monoisotopic (exact) mass is 423 g/mol. The Morgan fingerprint density at radius 1 is 1.07 bits per heavy atom. The molecule has 9 heteroatoms. The molecule has 2 N–H and O–H groups in total. The van der Waals surface area contributed by atoms with Gasteiger partial charge in [0.15, 0.2) is 0 Å². The number of anilines is 3. The van der Waals surface area contributed by atoms with E-state index in [2.05, 4.69) is 10.6 Å². The lowest BCUT2D eigenvalue weighted by atomic mass is 10.1. The molecule has 7 nitrogen and oxygen atoms in total. The van der Waals surface area contributed by atoms with E-state index in [0.29, 0.717) is 22.1 Å². The summed E-state index contributed by atoms with van der Waals surface area (Å²) in [4.78, 5) is 24.1. The van der Waals surface area contributed by atoms with Crippen LogP contribution in [0.25, 0.3) is 0 Å². The Morgan fingerprint density at radius 2 is 1.64 bits per heavy atom.